The molecule has 0 bridgehead atoms. The highest BCUT2D eigenvalue weighted by Crippen LogP contribution is 2.29. The third kappa shape index (κ3) is 4.39. The van der Waals surface area contributed by atoms with E-state index in [4.69, 9.17) is 4.74 Å². The standard InChI is InChI=1S/C19H29NO/c1-15-6-8-16(9-7-15)14-20-17-10-12-19(13-11-17)21-18-4-2-3-5-18/h10-13,15-16,18,20H,2-9,14H2,1H3. The van der Waals surface area contributed by atoms with Crippen LogP contribution in [0.15, 0.2) is 24.3 Å². The summed E-state index contributed by atoms with van der Waals surface area (Å²) in [4.78, 5) is 0. The van der Waals surface area contributed by atoms with Gasteiger partial charge in [0.1, 0.15) is 5.75 Å². The molecule has 0 spiro atoms. The van der Waals surface area contributed by atoms with Gasteiger partial charge in [0.05, 0.1) is 6.10 Å². The molecule has 0 aliphatic heterocycles. The van der Waals surface area contributed by atoms with Crippen LogP contribution in [0.5, 0.6) is 5.75 Å². The smallest absolute Gasteiger partial charge is 0.119 e. The van der Waals surface area contributed by atoms with E-state index in [0.29, 0.717) is 6.10 Å². The Morgan fingerprint density at radius 2 is 1.62 bits per heavy atom. The van der Waals surface area contributed by atoms with Gasteiger partial charge in [0.25, 0.3) is 0 Å². The maximum Gasteiger partial charge on any atom is 0.119 e. The molecule has 2 saturated carbocycles. The van der Waals surface area contributed by atoms with Gasteiger partial charge in [0, 0.05) is 12.2 Å². The summed E-state index contributed by atoms with van der Waals surface area (Å²) in [5, 5.41) is 3.59. The summed E-state index contributed by atoms with van der Waals surface area (Å²) in [6.07, 6.45) is 11.1. The van der Waals surface area contributed by atoms with E-state index >= 15 is 0 Å². The molecular weight excluding hydrogens is 258 g/mol. The molecule has 0 heterocycles. The van der Waals surface area contributed by atoms with Gasteiger partial charge in [-0.1, -0.05) is 19.8 Å². The highest BCUT2D eigenvalue weighted by atomic mass is 16.5. The minimum Gasteiger partial charge on any atom is -0.490 e. The normalized spacial score (nSPS) is 26.7. The van der Waals surface area contributed by atoms with E-state index in [9.17, 15) is 0 Å². The molecule has 2 aliphatic carbocycles. The van der Waals surface area contributed by atoms with Crippen LogP contribution in [0.2, 0.25) is 0 Å². The van der Waals surface area contributed by atoms with Crippen LogP contribution in [0.3, 0.4) is 0 Å². The number of benzene rings is 1. The summed E-state index contributed by atoms with van der Waals surface area (Å²) in [7, 11) is 0. The van der Waals surface area contributed by atoms with Crippen molar-refractivity contribution in [1.29, 1.82) is 0 Å². The van der Waals surface area contributed by atoms with Crippen molar-refractivity contribution in [3.63, 3.8) is 0 Å². The summed E-state index contributed by atoms with van der Waals surface area (Å²) in [5.74, 6) is 2.82. The number of anilines is 1. The summed E-state index contributed by atoms with van der Waals surface area (Å²) in [5.41, 5.74) is 1.23. The first-order chi connectivity index (χ1) is 10.3. The van der Waals surface area contributed by atoms with Crippen LogP contribution < -0.4 is 10.1 Å². The quantitative estimate of drug-likeness (QED) is 0.799. The number of rotatable bonds is 5. The molecule has 2 heteroatoms. The molecule has 0 saturated heterocycles. The van der Waals surface area contributed by atoms with Gasteiger partial charge >= 0.3 is 0 Å². The Hall–Kier alpha value is -1.18. The molecule has 2 aliphatic rings. The molecule has 21 heavy (non-hydrogen) atoms. The number of hydrogen-bond donors (Lipinski definition) is 1. The Morgan fingerprint density at radius 3 is 2.29 bits per heavy atom. The molecule has 3 rings (SSSR count). The van der Waals surface area contributed by atoms with Crippen LogP contribution in [-0.2, 0) is 0 Å². The predicted molar refractivity (Wildman–Crippen MR) is 88.9 cm³/mol. The fourth-order valence-corrected chi connectivity index (χ4v) is 3.65. The Bertz CT molecular complexity index is 414. The molecule has 0 atom stereocenters. The molecule has 0 radical (unpaired) electrons. The largest absolute Gasteiger partial charge is 0.490 e. The van der Waals surface area contributed by atoms with Crippen LogP contribution in [0.4, 0.5) is 5.69 Å². The average molecular weight is 287 g/mol. The fourth-order valence-electron chi connectivity index (χ4n) is 3.65. The lowest BCUT2D eigenvalue weighted by Crippen LogP contribution is -2.20. The van der Waals surface area contributed by atoms with Crippen molar-refractivity contribution >= 4 is 5.69 Å². The van der Waals surface area contributed by atoms with Crippen molar-refractivity contribution < 1.29 is 4.74 Å². The Balaban J connectivity index is 1.43. The predicted octanol–water partition coefficient (Wildman–Crippen LogP) is 5.25. The zero-order valence-electron chi connectivity index (χ0n) is 13.3. The molecule has 2 fully saturated rings. The zero-order chi connectivity index (χ0) is 14.5. The second-order valence-electron chi connectivity index (χ2n) is 7.06. The lowest BCUT2D eigenvalue weighted by Gasteiger charge is -2.26. The van der Waals surface area contributed by atoms with Gasteiger partial charge in [-0.25, -0.2) is 0 Å². The first kappa shape index (κ1) is 14.7. The van der Waals surface area contributed by atoms with E-state index < -0.39 is 0 Å². The molecule has 1 N–H and O–H groups in total. The van der Waals surface area contributed by atoms with E-state index in [1.807, 2.05) is 0 Å². The van der Waals surface area contributed by atoms with E-state index in [0.717, 1.165) is 24.1 Å². The Kier molecular flexibility index (Phi) is 5.05. The Labute approximate surface area is 129 Å². The molecule has 116 valence electrons. The van der Waals surface area contributed by atoms with Crippen LogP contribution >= 0.6 is 0 Å². The summed E-state index contributed by atoms with van der Waals surface area (Å²) in [6.45, 7) is 3.50. The summed E-state index contributed by atoms with van der Waals surface area (Å²) in [6, 6.07) is 8.55. The first-order valence-electron chi connectivity index (χ1n) is 8.80. The van der Waals surface area contributed by atoms with Gasteiger partial charge in [-0.3, -0.25) is 0 Å². The topological polar surface area (TPSA) is 21.3 Å². The maximum absolute atomic E-state index is 6.01. The third-order valence-corrected chi connectivity index (χ3v) is 5.19. The van der Waals surface area contributed by atoms with Crippen LogP contribution in [0.25, 0.3) is 0 Å². The SMILES string of the molecule is CC1CCC(CNc2ccc(OC3CCCC3)cc2)CC1. The molecular formula is C19H29NO. The molecule has 0 aromatic heterocycles. The summed E-state index contributed by atoms with van der Waals surface area (Å²) >= 11 is 0. The van der Waals surface area contributed by atoms with Crippen molar-refractivity contribution in [2.75, 3.05) is 11.9 Å². The van der Waals surface area contributed by atoms with Crippen molar-refractivity contribution in [2.45, 2.75) is 64.4 Å². The monoisotopic (exact) mass is 287 g/mol. The second-order valence-corrected chi connectivity index (χ2v) is 7.06. The molecule has 0 unspecified atom stereocenters. The van der Waals surface area contributed by atoms with Crippen molar-refractivity contribution in [2.24, 2.45) is 11.8 Å². The first-order valence-corrected chi connectivity index (χ1v) is 8.80. The average Bonchev–Trinajstić information content (AvgIpc) is 3.01. The second kappa shape index (κ2) is 7.20. The van der Waals surface area contributed by atoms with E-state index in [2.05, 4.69) is 36.5 Å². The number of nitrogens with one attached hydrogen (secondary N) is 1. The summed E-state index contributed by atoms with van der Waals surface area (Å²) < 4.78 is 6.01. The number of ether oxygens (including phenoxy) is 1. The lowest BCUT2D eigenvalue weighted by atomic mass is 9.83. The van der Waals surface area contributed by atoms with E-state index in [-0.39, 0.29) is 0 Å². The minimum atomic E-state index is 0.452. The van der Waals surface area contributed by atoms with Crippen molar-refractivity contribution in [1.82, 2.24) is 0 Å². The van der Waals surface area contributed by atoms with Gasteiger partial charge in [0.15, 0.2) is 0 Å². The van der Waals surface area contributed by atoms with Crippen LogP contribution in [0.1, 0.15) is 58.3 Å². The van der Waals surface area contributed by atoms with Crippen molar-refractivity contribution in [3.8, 4) is 5.75 Å². The fraction of sp³-hybridized carbons (Fsp3) is 0.684. The highest BCUT2D eigenvalue weighted by molar-refractivity contribution is 5.46. The molecule has 2 nitrogen and oxygen atoms in total. The zero-order valence-corrected chi connectivity index (χ0v) is 13.3. The van der Waals surface area contributed by atoms with Gasteiger partial charge < -0.3 is 10.1 Å². The molecule has 1 aromatic carbocycles. The van der Waals surface area contributed by atoms with Crippen LogP contribution in [-0.4, -0.2) is 12.6 Å². The van der Waals surface area contributed by atoms with Gasteiger partial charge in [-0.05, 0) is 74.6 Å². The highest BCUT2D eigenvalue weighted by Gasteiger charge is 2.18. The lowest BCUT2D eigenvalue weighted by molar-refractivity contribution is 0.210. The molecule has 0 amide bonds. The van der Waals surface area contributed by atoms with E-state index in [1.54, 1.807) is 0 Å². The maximum atomic E-state index is 6.01. The molecule has 1 aromatic rings. The third-order valence-electron chi connectivity index (χ3n) is 5.19. The van der Waals surface area contributed by atoms with Crippen LogP contribution in [0, 0.1) is 11.8 Å². The van der Waals surface area contributed by atoms with Gasteiger partial charge in [-0.2, -0.15) is 0 Å². The van der Waals surface area contributed by atoms with Gasteiger partial charge in [0.2, 0.25) is 0 Å². The number of hydrogen-bond acceptors (Lipinski definition) is 2. The van der Waals surface area contributed by atoms with Crippen molar-refractivity contribution in [3.05, 3.63) is 24.3 Å². The van der Waals surface area contributed by atoms with Gasteiger partial charge in [-0.15, -0.1) is 0 Å². The minimum absolute atomic E-state index is 0.452. The Morgan fingerprint density at radius 1 is 0.952 bits per heavy atom. The van der Waals surface area contributed by atoms with E-state index in [1.165, 1.54) is 57.1 Å².